The SMILES string of the molecule is CC(c1ccc(Cl)cc1Cl)n1nc(C(F)(F)F)c2ncc(N3CC(C4CCCN(CCCS(C)(=O)=O)C4)C3)nc21.CC(c1ccc(Cl)cc1Cl)n1nc(C(F)(F)F)c2ncc(N3CC(C4CCCN(CCNS(=O)(=O)C(C)C)C4)C3)nc21.COC(=O)NCCN1CCCC(C2CN(c3cnc4c(C(F)(F)F)nn(C(C)c5ccc(Cl)cc5Cl)c4n3)C2)C1. The number of ether oxygens (including phenoxy) is 1. The summed E-state index contributed by atoms with van der Waals surface area (Å²) in [6, 6.07) is 12.6. The number of aromatic nitrogens is 12. The van der Waals surface area contributed by atoms with Gasteiger partial charge in [0.05, 0.1) is 54.8 Å². The molecule has 6 aromatic heterocycles. The van der Waals surface area contributed by atoms with E-state index in [0.29, 0.717) is 126 Å². The Hall–Kier alpha value is -7.17. The summed E-state index contributed by atoms with van der Waals surface area (Å²) in [5, 5.41) is 16.2. The Bertz CT molecular complexity index is 5470. The fraction of sp³-hybridized carbons (Fsp3) is 0.570. The van der Waals surface area contributed by atoms with E-state index in [2.05, 4.69) is 74.7 Å². The largest absolute Gasteiger partial charge is 0.453 e. The van der Waals surface area contributed by atoms with Gasteiger partial charge in [0.15, 0.2) is 34.0 Å². The molecule has 1 amide bonds. The molecule has 6 atom stereocenters. The maximum Gasteiger partial charge on any atom is 0.437 e. The Morgan fingerprint density at radius 3 is 1.09 bits per heavy atom. The van der Waals surface area contributed by atoms with Crippen LogP contribution in [0.5, 0.6) is 0 Å². The lowest BCUT2D eigenvalue weighted by atomic mass is 9.80. The van der Waals surface area contributed by atoms with E-state index in [0.717, 1.165) is 130 Å². The Labute approximate surface area is 730 Å². The molecule has 0 radical (unpaired) electrons. The second-order valence-corrected chi connectivity index (χ2v) is 39.7. The third-order valence-electron chi connectivity index (χ3n) is 23.9. The van der Waals surface area contributed by atoms with Crippen molar-refractivity contribution in [2.45, 2.75) is 121 Å². The molecule has 0 spiro atoms. The molecule has 0 bridgehead atoms. The summed E-state index contributed by atoms with van der Waals surface area (Å²) in [6.07, 6.45) is -1.98. The molecule has 12 heterocycles. The molecule has 2 N–H and O–H groups in total. The number of sulfonamides is 1. The Balaban J connectivity index is 0.000000158. The number of hydrogen-bond donors (Lipinski definition) is 2. The topological polar surface area (TPSA) is 269 Å². The van der Waals surface area contributed by atoms with Crippen LogP contribution in [0, 0.1) is 35.5 Å². The summed E-state index contributed by atoms with van der Waals surface area (Å²) in [6.45, 7) is 21.6. The first-order valence-corrected chi connectivity index (χ1v) is 46.2. The lowest BCUT2D eigenvalue weighted by Crippen LogP contribution is -2.54. The van der Waals surface area contributed by atoms with Crippen molar-refractivity contribution >= 4 is 147 Å². The number of likely N-dealkylation sites (tertiary alicyclic amines) is 3. The summed E-state index contributed by atoms with van der Waals surface area (Å²) in [7, 11) is -4.91. The van der Waals surface area contributed by atoms with Gasteiger partial charge in [0.1, 0.15) is 43.8 Å². The number of fused-ring (bicyclic) bond motifs is 3. The minimum absolute atomic E-state index is 0.0366. The summed E-state index contributed by atoms with van der Waals surface area (Å²) >= 11 is 37.1. The van der Waals surface area contributed by atoms with Crippen LogP contribution in [0.3, 0.4) is 0 Å². The van der Waals surface area contributed by atoms with Crippen molar-refractivity contribution in [1.82, 2.24) is 84.0 Å². The molecule has 664 valence electrons. The van der Waals surface area contributed by atoms with Crippen molar-refractivity contribution in [3.8, 4) is 0 Å². The van der Waals surface area contributed by atoms with Gasteiger partial charge in [-0.25, -0.2) is 70.3 Å². The van der Waals surface area contributed by atoms with E-state index < -0.39 is 84.9 Å². The molecule has 6 aliphatic heterocycles. The minimum atomic E-state index is -4.70. The molecule has 0 saturated carbocycles. The number of methoxy groups -OCH3 is 1. The highest BCUT2D eigenvalue weighted by atomic mass is 35.5. The number of carbonyl (C=O) groups excluding carboxylic acids is 1. The molecule has 6 aliphatic rings. The second-order valence-electron chi connectivity index (χ2n) is 32.6. The molecule has 3 aromatic carbocycles. The molecular weight excluding hydrogens is 1770 g/mol. The average Bonchev–Trinajstić information content (AvgIpc) is 1.60. The van der Waals surface area contributed by atoms with Crippen LogP contribution in [-0.4, -0.2) is 233 Å². The number of alkyl halides is 9. The van der Waals surface area contributed by atoms with E-state index in [-0.39, 0.29) is 39.2 Å². The van der Waals surface area contributed by atoms with Gasteiger partial charge in [-0.1, -0.05) is 87.8 Å². The molecule has 15 rings (SSSR count). The number of rotatable bonds is 24. The summed E-state index contributed by atoms with van der Waals surface area (Å²) in [4.78, 5) is 50.7. The first-order chi connectivity index (χ1) is 57.6. The Morgan fingerprint density at radius 2 is 0.795 bits per heavy atom. The number of carbonyl (C=O) groups is 1. The number of benzene rings is 3. The van der Waals surface area contributed by atoms with Gasteiger partial charge >= 0.3 is 24.6 Å². The van der Waals surface area contributed by atoms with Gasteiger partial charge in [-0.2, -0.15) is 54.8 Å². The smallest absolute Gasteiger partial charge is 0.437 e. The highest BCUT2D eigenvalue weighted by molar-refractivity contribution is 7.90. The van der Waals surface area contributed by atoms with Crippen molar-refractivity contribution < 1.29 is 65.9 Å². The van der Waals surface area contributed by atoms with Crippen LogP contribution in [0.1, 0.15) is 131 Å². The number of amides is 1. The number of piperidine rings is 3. The van der Waals surface area contributed by atoms with Gasteiger partial charge in [-0.05, 0) is 194 Å². The molecule has 6 saturated heterocycles. The highest BCUT2D eigenvalue weighted by Gasteiger charge is 2.46. The summed E-state index contributed by atoms with van der Waals surface area (Å²) < 4.78 is 183. The number of halogens is 15. The molecule has 6 fully saturated rings. The van der Waals surface area contributed by atoms with Crippen LogP contribution in [0.4, 0.5) is 61.8 Å². The maximum absolute atomic E-state index is 13.9. The van der Waals surface area contributed by atoms with Crippen LogP contribution >= 0.6 is 69.6 Å². The molecule has 0 aliphatic carbocycles. The Kier molecular flexibility index (Phi) is 28.9. The van der Waals surface area contributed by atoms with E-state index in [4.69, 9.17) is 69.6 Å². The number of anilines is 3. The van der Waals surface area contributed by atoms with Crippen LogP contribution in [0.25, 0.3) is 33.5 Å². The first kappa shape index (κ1) is 92.5. The monoisotopic (exact) mass is 1860 g/mol. The summed E-state index contributed by atoms with van der Waals surface area (Å²) in [5.41, 5.74) is -2.33. The maximum atomic E-state index is 13.9. The van der Waals surface area contributed by atoms with E-state index >= 15 is 0 Å². The molecule has 6 unspecified atom stereocenters. The normalized spacial score (nSPS) is 19.9. The minimum Gasteiger partial charge on any atom is -0.453 e. The quantitative estimate of drug-likeness (QED) is 0.0532. The molecule has 9 aromatic rings. The zero-order valence-electron chi connectivity index (χ0n) is 67.9. The van der Waals surface area contributed by atoms with Crippen molar-refractivity contribution in [2.75, 3.05) is 145 Å². The number of nitrogens with one attached hydrogen (secondary N) is 2. The van der Waals surface area contributed by atoms with Gasteiger partial charge in [-0.15, -0.1) is 0 Å². The fourth-order valence-electron chi connectivity index (χ4n) is 16.9. The van der Waals surface area contributed by atoms with Gasteiger partial charge in [0.2, 0.25) is 10.0 Å². The van der Waals surface area contributed by atoms with Gasteiger partial charge in [0.25, 0.3) is 0 Å². The number of sulfone groups is 1. The van der Waals surface area contributed by atoms with Gasteiger partial charge in [0, 0.05) is 121 Å². The van der Waals surface area contributed by atoms with E-state index in [1.54, 1.807) is 89.2 Å². The molecule has 43 heteroatoms. The predicted molar refractivity (Wildman–Crippen MR) is 453 cm³/mol. The van der Waals surface area contributed by atoms with Crippen molar-refractivity contribution in [3.05, 3.63) is 137 Å². The number of nitrogens with zero attached hydrogens (tertiary/aromatic N) is 18. The Morgan fingerprint density at radius 1 is 0.475 bits per heavy atom. The van der Waals surface area contributed by atoms with Crippen LogP contribution in [0.2, 0.25) is 30.1 Å². The van der Waals surface area contributed by atoms with Gasteiger partial charge in [-0.3, -0.25) is 0 Å². The van der Waals surface area contributed by atoms with Crippen LogP contribution < -0.4 is 24.7 Å². The lowest BCUT2D eigenvalue weighted by Gasteiger charge is -2.47. The van der Waals surface area contributed by atoms with Crippen LogP contribution in [0.15, 0.2) is 73.2 Å². The van der Waals surface area contributed by atoms with E-state index in [9.17, 15) is 61.1 Å². The molecular formula is C79H95Cl6F9N20O6S2. The third-order valence-corrected chi connectivity index (χ3v) is 28.4. The van der Waals surface area contributed by atoms with Crippen molar-refractivity contribution in [2.24, 2.45) is 35.5 Å². The fourth-order valence-corrected chi connectivity index (χ4v) is 20.0. The molecule has 26 nitrogen and oxygen atoms in total. The van der Waals surface area contributed by atoms with Crippen molar-refractivity contribution in [1.29, 1.82) is 0 Å². The zero-order valence-corrected chi connectivity index (χ0v) is 74.0. The summed E-state index contributed by atoms with van der Waals surface area (Å²) in [5.74, 6) is 4.42. The van der Waals surface area contributed by atoms with Crippen LogP contribution in [-0.2, 0) is 43.1 Å². The third kappa shape index (κ3) is 21.7. The standard InChI is InChI=1S/C27H34Cl2F3N7O2S.C26H30Cl2F3N7O2.C26H31Cl2F3N6O2S/c1-16(2)42(40,41)34-8-10-37-9-4-5-18(13-37)19-14-38(15-19)23-12-33-24-25(27(30,31)32)36-39(26(24)35-23)17(3)21-7-6-20(28)11-22(21)29;1-15(19-6-5-18(27)10-20(19)28)38-24-22(23(35-38)26(29,30)31)33-11-21(34-24)37-13-17(14-37)16-4-3-8-36(12-16)9-7-32-25(39)40-2;1-16(20-7-6-19(27)11-21(20)28)37-25-23(24(34-37)26(29,30)31)32-12-22(33-25)36-14-18(15-36)17-5-3-8-35(13-17)9-4-10-40(2,38)39/h6-7,11-12,16-19,34H,4-5,8-10,13-15H2,1-3H3;5-6,10-11,15-17H,3-4,7-9,12-14H2,1-2H3,(H,32,39);6-7,11-12,16-18H,3-5,8-10,13-15H2,1-2H3. The lowest BCUT2D eigenvalue weighted by molar-refractivity contribution is -0.141. The second kappa shape index (κ2) is 38.2. The number of alkyl carbamates (subject to hydrolysis) is 1. The average molecular weight is 1870 g/mol. The van der Waals surface area contributed by atoms with E-state index in [1.807, 2.05) is 14.7 Å². The zero-order chi connectivity index (χ0) is 87.8. The first-order valence-electron chi connectivity index (χ1n) is 40.3. The van der Waals surface area contributed by atoms with Gasteiger partial charge < -0.3 is 39.5 Å². The van der Waals surface area contributed by atoms with Crippen molar-refractivity contribution in [3.63, 3.8) is 0 Å². The number of hydrogen-bond acceptors (Lipinski definition) is 21. The van der Waals surface area contributed by atoms with E-state index in [1.165, 1.54) is 46.0 Å². The predicted octanol–water partition coefficient (Wildman–Crippen LogP) is 15.8. The molecule has 122 heavy (non-hydrogen) atoms. The highest BCUT2D eigenvalue weighted by Crippen LogP contribution is 2.44.